The molecule has 0 fully saturated rings. The van der Waals surface area contributed by atoms with Gasteiger partial charge in [0.15, 0.2) is 5.78 Å². The molecule has 0 aliphatic rings. The van der Waals surface area contributed by atoms with Gasteiger partial charge in [-0.15, -0.1) is 0 Å². The quantitative estimate of drug-likeness (QED) is 0.681. The molecule has 104 valence electrons. The molecule has 0 amide bonds. The zero-order chi connectivity index (χ0) is 14.7. The third-order valence-electron chi connectivity index (χ3n) is 3.38. The Morgan fingerprint density at radius 2 is 2.00 bits per heavy atom. The lowest BCUT2D eigenvalue weighted by atomic mass is 10.1. The van der Waals surface area contributed by atoms with Gasteiger partial charge in [-0.1, -0.05) is 30.3 Å². The van der Waals surface area contributed by atoms with Crippen LogP contribution in [-0.2, 0) is 11.3 Å². The van der Waals surface area contributed by atoms with Gasteiger partial charge in [-0.3, -0.25) is 9.78 Å². The minimum Gasteiger partial charge on any atom is -0.342 e. The van der Waals surface area contributed by atoms with Crippen molar-refractivity contribution < 1.29 is 4.79 Å². The first kappa shape index (κ1) is 13.3. The molecule has 3 heteroatoms. The number of fused-ring (bicyclic) bond motifs is 1. The van der Waals surface area contributed by atoms with Gasteiger partial charge in [0.05, 0.1) is 11.0 Å². The summed E-state index contributed by atoms with van der Waals surface area (Å²) in [6, 6.07) is 14.3. The van der Waals surface area contributed by atoms with E-state index in [4.69, 9.17) is 0 Å². The van der Waals surface area contributed by atoms with E-state index in [1.54, 1.807) is 13.0 Å². The van der Waals surface area contributed by atoms with Crippen LogP contribution in [0.1, 0.15) is 18.1 Å². The lowest BCUT2D eigenvalue weighted by molar-refractivity contribution is -0.112. The van der Waals surface area contributed by atoms with E-state index in [0.29, 0.717) is 0 Å². The van der Waals surface area contributed by atoms with Crippen molar-refractivity contribution in [3.63, 3.8) is 0 Å². The van der Waals surface area contributed by atoms with Crippen LogP contribution < -0.4 is 0 Å². The van der Waals surface area contributed by atoms with Crippen molar-refractivity contribution in [1.29, 1.82) is 0 Å². The summed E-state index contributed by atoms with van der Waals surface area (Å²) in [6.07, 6.45) is 7.28. The third-order valence-corrected chi connectivity index (χ3v) is 3.38. The summed E-state index contributed by atoms with van der Waals surface area (Å²) in [7, 11) is 0. The Hall–Kier alpha value is -2.68. The molecule has 2 aromatic heterocycles. The molecule has 0 N–H and O–H groups in total. The van der Waals surface area contributed by atoms with Crippen LogP contribution in [0.4, 0.5) is 0 Å². The molecule has 2 heterocycles. The predicted octanol–water partition coefficient (Wildman–Crippen LogP) is 3.69. The van der Waals surface area contributed by atoms with E-state index in [2.05, 4.69) is 33.9 Å². The first-order chi connectivity index (χ1) is 10.2. The number of hydrogen-bond acceptors (Lipinski definition) is 2. The maximum absolute atomic E-state index is 10.9. The zero-order valence-electron chi connectivity index (χ0n) is 11.9. The minimum absolute atomic E-state index is 0.0605. The highest BCUT2D eigenvalue weighted by Gasteiger charge is 2.01. The van der Waals surface area contributed by atoms with E-state index in [1.807, 2.05) is 36.5 Å². The van der Waals surface area contributed by atoms with Gasteiger partial charge in [-0.05, 0) is 42.3 Å². The summed E-state index contributed by atoms with van der Waals surface area (Å²) >= 11 is 0. The van der Waals surface area contributed by atoms with Crippen molar-refractivity contribution in [3.8, 4) is 0 Å². The Bertz CT molecular complexity index is 797. The van der Waals surface area contributed by atoms with Crippen molar-refractivity contribution >= 4 is 22.9 Å². The summed E-state index contributed by atoms with van der Waals surface area (Å²) in [6.45, 7) is 2.36. The van der Waals surface area contributed by atoms with Crippen molar-refractivity contribution in [2.75, 3.05) is 0 Å². The van der Waals surface area contributed by atoms with Gasteiger partial charge in [0.1, 0.15) is 0 Å². The fraction of sp³-hybridized carbons (Fsp3) is 0.111. The zero-order valence-corrected chi connectivity index (χ0v) is 11.9. The number of carbonyl (C=O) groups is 1. The Balaban J connectivity index is 1.80. The van der Waals surface area contributed by atoms with Crippen LogP contribution in [0.5, 0.6) is 0 Å². The molecule has 1 aromatic carbocycles. The SMILES string of the molecule is CC(=O)/C=C/c1ccc(Cn2ccc3ncccc32)cc1. The summed E-state index contributed by atoms with van der Waals surface area (Å²) in [5, 5.41) is 0. The average molecular weight is 276 g/mol. The normalized spacial score (nSPS) is 11.3. The second-order valence-electron chi connectivity index (χ2n) is 5.04. The lowest BCUT2D eigenvalue weighted by Crippen LogP contribution is -1.97. The van der Waals surface area contributed by atoms with Crippen LogP contribution in [0.25, 0.3) is 17.1 Å². The van der Waals surface area contributed by atoms with Gasteiger partial charge in [0, 0.05) is 18.9 Å². The van der Waals surface area contributed by atoms with E-state index in [-0.39, 0.29) is 5.78 Å². The molecule has 3 nitrogen and oxygen atoms in total. The maximum Gasteiger partial charge on any atom is 0.152 e. The molecule has 3 aromatic rings. The molecule has 3 rings (SSSR count). The maximum atomic E-state index is 10.9. The van der Waals surface area contributed by atoms with Crippen LogP contribution in [-0.4, -0.2) is 15.3 Å². The summed E-state index contributed by atoms with van der Waals surface area (Å²) in [5.41, 5.74) is 4.40. The van der Waals surface area contributed by atoms with E-state index >= 15 is 0 Å². The molecule has 0 bridgehead atoms. The fourth-order valence-corrected chi connectivity index (χ4v) is 2.30. The van der Waals surface area contributed by atoms with Crippen molar-refractivity contribution in [2.45, 2.75) is 13.5 Å². The number of benzene rings is 1. The number of nitrogens with zero attached hydrogens (tertiary/aromatic N) is 2. The Kier molecular flexibility index (Phi) is 3.65. The van der Waals surface area contributed by atoms with Gasteiger partial charge in [0.25, 0.3) is 0 Å². The van der Waals surface area contributed by atoms with Crippen molar-refractivity contribution in [1.82, 2.24) is 9.55 Å². The Labute approximate surface area is 123 Å². The van der Waals surface area contributed by atoms with E-state index < -0.39 is 0 Å². The Morgan fingerprint density at radius 1 is 1.19 bits per heavy atom. The highest BCUT2D eigenvalue weighted by atomic mass is 16.1. The Morgan fingerprint density at radius 3 is 2.76 bits per heavy atom. The van der Waals surface area contributed by atoms with Gasteiger partial charge in [0.2, 0.25) is 0 Å². The van der Waals surface area contributed by atoms with E-state index in [0.717, 1.165) is 23.1 Å². The number of carbonyl (C=O) groups excluding carboxylic acids is 1. The monoisotopic (exact) mass is 276 g/mol. The van der Waals surface area contributed by atoms with Crippen molar-refractivity contribution in [2.24, 2.45) is 0 Å². The number of ketones is 1. The van der Waals surface area contributed by atoms with Gasteiger partial charge >= 0.3 is 0 Å². The standard InChI is InChI=1S/C18H16N2O/c1-14(21)4-5-15-6-8-16(9-7-15)13-20-12-10-17-18(20)3-2-11-19-17/h2-12H,13H2,1H3/b5-4+. The largest absolute Gasteiger partial charge is 0.342 e. The fourth-order valence-electron chi connectivity index (χ4n) is 2.30. The topological polar surface area (TPSA) is 34.9 Å². The highest BCUT2D eigenvalue weighted by Crippen LogP contribution is 2.15. The molecule has 0 saturated heterocycles. The second-order valence-corrected chi connectivity index (χ2v) is 5.04. The number of rotatable bonds is 4. The first-order valence-electron chi connectivity index (χ1n) is 6.90. The molecule has 0 radical (unpaired) electrons. The molecule has 0 spiro atoms. The molecular formula is C18H16N2O. The van der Waals surface area contributed by atoms with Crippen LogP contribution in [0.2, 0.25) is 0 Å². The minimum atomic E-state index is 0.0605. The molecule has 0 aliphatic carbocycles. The summed E-state index contributed by atoms with van der Waals surface area (Å²) < 4.78 is 2.18. The van der Waals surface area contributed by atoms with E-state index in [1.165, 1.54) is 5.56 Å². The number of aromatic nitrogens is 2. The average Bonchev–Trinajstić information content (AvgIpc) is 2.90. The molecule has 21 heavy (non-hydrogen) atoms. The second kappa shape index (κ2) is 5.75. The van der Waals surface area contributed by atoms with Crippen LogP contribution in [0.15, 0.2) is 60.9 Å². The predicted molar refractivity (Wildman–Crippen MR) is 85.0 cm³/mol. The smallest absolute Gasteiger partial charge is 0.152 e. The lowest BCUT2D eigenvalue weighted by Gasteiger charge is -2.06. The van der Waals surface area contributed by atoms with Gasteiger partial charge in [-0.25, -0.2) is 0 Å². The highest BCUT2D eigenvalue weighted by molar-refractivity contribution is 5.91. The molecule has 0 unspecified atom stereocenters. The summed E-state index contributed by atoms with van der Waals surface area (Å²) in [4.78, 5) is 15.3. The van der Waals surface area contributed by atoms with Crippen LogP contribution in [0.3, 0.4) is 0 Å². The van der Waals surface area contributed by atoms with Crippen LogP contribution in [0, 0.1) is 0 Å². The van der Waals surface area contributed by atoms with Crippen molar-refractivity contribution in [3.05, 3.63) is 72.1 Å². The molecule has 0 saturated carbocycles. The van der Waals surface area contributed by atoms with E-state index in [9.17, 15) is 4.79 Å². The molecule has 0 aliphatic heterocycles. The molecule has 0 atom stereocenters. The molecular weight excluding hydrogens is 260 g/mol. The van der Waals surface area contributed by atoms with Crippen LogP contribution >= 0.6 is 0 Å². The summed E-state index contributed by atoms with van der Waals surface area (Å²) in [5.74, 6) is 0.0605. The first-order valence-corrected chi connectivity index (χ1v) is 6.90. The van der Waals surface area contributed by atoms with Gasteiger partial charge < -0.3 is 4.57 Å². The van der Waals surface area contributed by atoms with Gasteiger partial charge in [-0.2, -0.15) is 0 Å². The number of pyridine rings is 1. The number of hydrogen-bond donors (Lipinski definition) is 0. The third kappa shape index (κ3) is 3.08. The number of allylic oxidation sites excluding steroid dienone is 1.